The fraction of sp³-hybridized carbons (Fsp3) is 0.143. The van der Waals surface area contributed by atoms with Crippen LogP contribution in [0.1, 0.15) is 33.6 Å². The summed E-state index contributed by atoms with van der Waals surface area (Å²) in [7, 11) is 0. The van der Waals surface area contributed by atoms with Crippen LogP contribution in [0.15, 0.2) is 16.8 Å². The molecule has 3 rings (SSSR count). The van der Waals surface area contributed by atoms with Crippen molar-refractivity contribution in [3.8, 4) is 0 Å². The first-order valence-electron chi connectivity index (χ1n) is 6.74. The van der Waals surface area contributed by atoms with E-state index < -0.39 is 23.8 Å². The maximum atomic E-state index is 11.7. The fourth-order valence-electron chi connectivity index (χ4n) is 1.75. The van der Waals surface area contributed by atoms with Gasteiger partial charge in [0.2, 0.25) is 0 Å². The number of rotatable bonds is 3. The summed E-state index contributed by atoms with van der Waals surface area (Å²) in [6, 6.07) is 1.52. The molecule has 2 amide bonds. The van der Waals surface area contributed by atoms with Crippen LogP contribution in [0.3, 0.4) is 0 Å². The Balaban J connectivity index is 0.000000254. The van der Waals surface area contributed by atoms with E-state index in [1.165, 1.54) is 28.2 Å². The summed E-state index contributed by atoms with van der Waals surface area (Å²) in [6.45, 7) is 0. The summed E-state index contributed by atoms with van der Waals surface area (Å²) < 4.78 is 1.02. The lowest BCUT2D eigenvalue weighted by molar-refractivity contribution is -0.172. The summed E-state index contributed by atoms with van der Waals surface area (Å²) in [5.74, 6) is -3.53. The van der Waals surface area contributed by atoms with Gasteiger partial charge >= 0.3 is 11.9 Å². The zero-order chi connectivity index (χ0) is 19.4. The molecule has 26 heavy (non-hydrogen) atoms. The van der Waals surface area contributed by atoms with Crippen LogP contribution < -0.4 is 0 Å². The fourth-order valence-corrected chi connectivity index (χ4v) is 3.82. The van der Waals surface area contributed by atoms with E-state index >= 15 is 0 Å². The summed E-state index contributed by atoms with van der Waals surface area (Å²) >= 11 is 13.2. The Bertz CT molecular complexity index is 843. The van der Waals surface area contributed by atoms with Crippen molar-refractivity contribution in [1.82, 2.24) is 5.06 Å². The van der Waals surface area contributed by atoms with Crippen LogP contribution in [-0.4, -0.2) is 33.9 Å². The molecule has 138 valence electrons. The SMILES string of the molecule is O=C(O)c1cscc1C(=O)ON1C(=O)CCC1=O.[NH-]c1cc(Cl)sc1Cl. The lowest BCUT2D eigenvalue weighted by Gasteiger charge is -2.12. The van der Waals surface area contributed by atoms with Gasteiger partial charge < -0.3 is 15.7 Å². The number of aromatic carboxylic acids is 1. The van der Waals surface area contributed by atoms with E-state index in [9.17, 15) is 19.2 Å². The third-order valence-corrected chi connectivity index (χ3v) is 5.18. The molecule has 1 aliphatic rings. The molecule has 0 aliphatic carbocycles. The molecule has 8 nitrogen and oxygen atoms in total. The lowest BCUT2D eigenvalue weighted by Crippen LogP contribution is -2.32. The Kier molecular flexibility index (Phi) is 6.59. The molecule has 0 saturated carbocycles. The van der Waals surface area contributed by atoms with Crippen LogP contribution in [-0.2, 0) is 14.4 Å². The summed E-state index contributed by atoms with van der Waals surface area (Å²) in [5.41, 5.74) is 6.94. The topological polar surface area (TPSA) is 125 Å². The average Bonchev–Trinajstić information content (AvgIpc) is 3.24. The smallest absolute Gasteiger partial charge is 0.365 e. The monoisotopic (exact) mass is 435 g/mol. The molecular formula is C14H9Cl2N2O6S2-. The molecule has 0 bridgehead atoms. The van der Waals surface area contributed by atoms with Crippen LogP contribution in [0.4, 0.5) is 5.69 Å². The Morgan fingerprint density at radius 1 is 1.15 bits per heavy atom. The molecule has 0 aromatic carbocycles. The molecule has 1 aliphatic heterocycles. The van der Waals surface area contributed by atoms with Crippen LogP contribution in [0.25, 0.3) is 5.73 Å². The maximum absolute atomic E-state index is 11.7. The second-order valence-corrected chi connectivity index (χ2v) is 7.73. The number of thiophene rings is 2. The van der Waals surface area contributed by atoms with Crippen LogP contribution in [0.2, 0.25) is 8.67 Å². The number of carbonyl (C=O) groups excluding carboxylic acids is 3. The van der Waals surface area contributed by atoms with Gasteiger partial charge in [-0.3, -0.25) is 9.59 Å². The summed E-state index contributed by atoms with van der Waals surface area (Å²) in [5, 5.41) is 11.8. The predicted molar refractivity (Wildman–Crippen MR) is 96.1 cm³/mol. The second-order valence-electron chi connectivity index (χ2n) is 4.70. The third-order valence-electron chi connectivity index (χ3n) is 2.95. The minimum absolute atomic E-state index is 0.0124. The van der Waals surface area contributed by atoms with Gasteiger partial charge in [0.25, 0.3) is 11.8 Å². The molecule has 12 heteroatoms. The molecule has 2 aromatic heterocycles. The normalized spacial score (nSPS) is 13.4. The van der Waals surface area contributed by atoms with E-state index in [0.29, 0.717) is 19.4 Å². The molecular weight excluding hydrogens is 427 g/mol. The zero-order valence-electron chi connectivity index (χ0n) is 12.7. The van der Waals surface area contributed by atoms with Gasteiger partial charge in [-0.15, -0.1) is 22.1 Å². The van der Waals surface area contributed by atoms with Gasteiger partial charge in [-0.05, 0) is 6.07 Å². The predicted octanol–water partition coefficient (Wildman–Crippen LogP) is 4.41. The van der Waals surface area contributed by atoms with Gasteiger partial charge in [0.15, 0.2) is 0 Å². The van der Waals surface area contributed by atoms with Crippen molar-refractivity contribution >= 4 is 75.3 Å². The van der Waals surface area contributed by atoms with Crippen LogP contribution in [0, 0.1) is 0 Å². The number of nitrogens with zero attached hydrogens (tertiary/aromatic N) is 1. The second kappa shape index (κ2) is 8.49. The molecule has 3 heterocycles. The van der Waals surface area contributed by atoms with Gasteiger partial charge in [0.05, 0.1) is 19.8 Å². The maximum Gasteiger partial charge on any atom is 0.365 e. The highest BCUT2D eigenvalue weighted by molar-refractivity contribution is 7.20. The van der Waals surface area contributed by atoms with E-state index in [1.807, 2.05) is 0 Å². The van der Waals surface area contributed by atoms with Crippen molar-refractivity contribution in [2.75, 3.05) is 0 Å². The molecule has 0 atom stereocenters. The van der Waals surface area contributed by atoms with Gasteiger partial charge in [-0.2, -0.15) is 11.3 Å². The van der Waals surface area contributed by atoms with Gasteiger partial charge in [0.1, 0.15) is 0 Å². The van der Waals surface area contributed by atoms with Crippen LogP contribution >= 0.6 is 45.9 Å². The molecule has 0 unspecified atom stereocenters. The highest BCUT2D eigenvalue weighted by Gasteiger charge is 2.34. The molecule has 1 fully saturated rings. The number of nitrogens with one attached hydrogen (secondary N) is 1. The Hall–Kier alpha value is -2.14. The minimum Gasteiger partial charge on any atom is -0.697 e. The number of carboxylic acid groups (broad SMARTS) is 1. The number of halogens is 2. The van der Waals surface area contributed by atoms with E-state index in [2.05, 4.69) is 4.84 Å². The molecule has 0 radical (unpaired) electrons. The number of carboxylic acids is 1. The van der Waals surface area contributed by atoms with Gasteiger partial charge in [0, 0.05) is 23.6 Å². The third kappa shape index (κ3) is 4.73. The van der Waals surface area contributed by atoms with Crippen molar-refractivity contribution in [3.63, 3.8) is 0 Å². The number of carbonyl (C=O) groups is 4. The summed E-state index contributed by atoms with van der Waals surface area (Å²) in [6.07, 6.45) is -0.0247. The van der Waals surface area contributed by atoms with E-state index in [1.54, 1.807) is 0 Å². The standard InChI is InChI=1S/C10H7NO6S.C4H2Cl2NS/c12-7-1-2-8(13)11(7)17-10(16)6-4-18-3-5(6)9(14)15;5-3-1-2(7)4(6)8-3/h3-4H,1-2H2,(H,14,15);1,7H/q;-1. The Morgan fingerprint density at radius 2 is 1.73 bits per heavy atom. The number of hydroxylamine groups is 2. The highest BCUT2D eigenvalue weighted by Crippen LogP contribution is 2.36. The largest absolute Gasteiger partial charge is 0.697 e. The first-order valence-corrected chi connectivity index (χ1v) is 9.26. The summed E-state index contributed by atoms with van der Waals surface area (Å²) in [4.78, 5) is 49.5. The van der Waals surface area contributed by atoms with Crippen molar-refractivity contribution < 1.29 is 29.1 Å². The lowest BCUT2D eigenvalue weighted by atomic mass is 10.2. The number of hydrogen-bond donors (Lipinski definition) is 1. The van der Waals surface area contributed by atoms with Crippen molar-refractivity contribution in [1.29, 1.82) is 0 Å². The van der Waals surface area contributed by atoms with Crippen molar-refractivity contribution in [2.45, 2.75) is 12.8 Å². The molecule has 2 aromatic rings. The quantitative estimate of drug-likeness (QED) is 0.711. The van der Waals surface area contributed by atoms with Gasteiger partial charge in [-0.25, -0.2) is 9.59 Å². The molecule has 0 spiro atoms. The van der Waals surface area contributed by atoms with E-state index in [-0.39, 0.29) is 24.0 Å². The zero-order valence-corrected chi connectivity index (χ0v) is 15.8. The van der Waals surface area contributed by atoms with Crippen molar-refractivity contribution in [2.24, 2.45) is 0 Å². The number of imide groups is 1. The average molecular weight is 436 g/mol. The molecule has 1 saturated heterocycles. The first-order chi connectivity index (χ1) is 12.2. The minimum atomic E-state index is -1.28. The molecule has 2 N–H and O–H groups in total. The van der Waals surface area contributed by atoms with Gasteiger partial charge in [-0.1, -0.05) is 23.2 Å². The Morgan fingerprint density at radius 3 is 2.15 bits per heavy atom. The first kappa shape index (κ1) is 20.2. The number of amides is 2. The Labute approximate surface area is 164 Å². The number of hydrogen-bond acceptors (Lipinski definition) is 7. The highest BCUT2D eigenvalue weighted by atomic mass is 35.5. The van der Waals surface area contributed by atoms with E-state index in [0.717, 1.165) is 11.3 Å². The van der Waals surface area contributed by atoms with E-state index in [4.69, 9.17) is 34.0 Å². The van der Waals surface area contributed by atoms with Crippen LogP contribution in [0.5, 0.6) is 0 Å². The van der Waals surface area contributed by atoms with Crippen molar-refractivity contribution in [3.05, 3.63) is 42.4 Å².